The van der Waals surface area contributed by atoms with Crippen molar-refractivity contribution in [3.63, 3.8) is 0 Å². The molecule has 1 fully saturated rings. The Labute approximate surface area is 169 Å². The summed E-state index contributed by atoms with van der Waals surface area (Å²) in [6, 6.07) is 0. The lowest BCUT2D eigenvalue weighted by molar-refractivity contribution is -0.136. The first-order valence-electron chi connectivity index (χ1n) is 10.3. The molecule has 1 unspecified atom stereocenters. The summed E-state index contributed by atoms with van der Waals surface area (Å²) in [6.45, 7) is 10.6. The van der Waals surface area contributed by atoms with Crippen LogP contribution in [0.1, 0.15) is 92.9 Å². The number of Topliss-reactive ketones (excluding diaryl/α,β-unsaturated/α-hetero) is 1. The second kappa shape index (κ2) is 10.7. The van der Waals surface area contributed by atoms with E-state index in [4.69, 9.17) is 14.3 Å². The average Bonchev–Trinajstić information content (AvgIpc) is 2.51. The van der Waals surface area contributed by atoms with E-state index in [2.05, 4.69) is 0 Å². The van der Waals surface area contributed by atoms with Gasteiger partial charge >= 0.3 is 12.2 Å². The van der Waals surface area contributed by atoms with Gasteiger partial charge in [-0.1, -0.05) is 19.3 Å². The quantitative estimate of drug-likeness (QED) is 0.337. The van der Waals surface area contributed by atoms with Crippen LogP contribution in [0.4, 0.5) is 9.59 Å². The number of ether oxygens (including phenoxy) is 2. The fraction of sp³-hybridized carbons (Fsp3) is 0.857. The molecule has 1 aliphatic rings. The molecule has 0 heterocycles. The molecular formula is C21H37NO6. The normalized spacial score (nSPS) is 17.8. The van der Waals surface area contributed by atoms with Gasteiger partial charge < -0.3 is 14.3 Å². The molecule has 0 saturated heterocycles. The maximum absolute atomic E-state index is 12.3. The van der Waals surface area contributed by atoms with E-state index < -0.39 is 23.5 Å². The van der Waals surface area contributed by atoms with Gasteiger partial charge in [-0.3, -0.25) is 4.79 Å². The molecule has 0 aromatic rings. The number of carbonyl (C=O) groups excluding carboxylic acids is 3. The Morgan fingerprint density at radius 1 is 0.964 bits per heavy atom. The van der Waals surface area contributed by atoms with Crippen LogP contribution in [0.5, 0.6) is 0 Å². The number of hydroxylamine groups is 2. The Hall–Kier alpha value is -1.79. The van der Waals surface area contributed by atoms with Gasteiger partial charge in [0.05, 0.1) is 6.54 Å². The smallest absolute Gasteiger partial charge is 0.442 e. The molecule has 0 aliphatic heterocycles. The maximum atomic E-state index is 12.3. The zero-order valence-electron chi connectivity index (χ0n) is 18.3. The first-order valence-corrected chi connectivity index (χ1v) is 10.3. The number of rotatable bonds is 6. The zero-order chi connectivity index (χ0) is 21.4. The van der Waals surface area contributed by atoms with Crippen molar-refractivity contribution in [2.24, 2.45) is 5.92 Å². The van der Waals surface area contributed by atoms with Gasteiger partial charge in [0.2, 0.25) is 0 Å². The molecule has 7 nitrogen and oxygen atoms in total. The van der Waals surface area contributed by atoms with E-state index in [9.17, 15) is 14.4 Å². The standard InChI is InChI=1S/C21H37NO6/c1-20(2,3)26-18(24)22(28-19(25)27-21(4,5)6)15-11-7-8-12-16-13-9-10-14-17(16)23/h16H,7-15H2,1-6H3. The Kier molecular flexibility index (Phi) is 9.24. The Bertz CT molecular complexity index is 532. The van der Waals surface area contributed by atoms with Crippen LogP contribution >= 0.6 is 0 Å². The van der Waals surface area contributed by atoms with Gasteiger partial charge in [-0.25, -0.2) is 9.59 Å². The highest BCUT2D eigenvalue weighted by Gasteiger charge is 2.28. The van der Waals surface area contributed by atoms with Crippen LogP contribution in [0.3, 0.4) is 0 Å². The lowest BCUT2D eigenvalue weighted by Crippen LogP contribution is -2.40. The first-order chi connectivity index (χ1) is 12.9. The van der Waals surface area contributed by atoms with Crippen LogP contribution in [0.25, 0.3) is 0 Å². The molecule has 1 saturated carbocycles. The molecule has 0 aromatic heterocycles. The van der Waals surface area contributed by atoms with Crippen molar-refractivity contribution < 1.29 is 28.7 Å². The van der Waals surface area contributed by atoms with Crippen molar-refractivity contribution in [1.29, 1.82) is 0 Å². The Morgan fingerprint density at radius 3 is 2.18 bits per heavy atom. The lowest BCUT2D eigenvalue weighted by atomic mass is 9.84. The van der Waals surface area contributed by atoms with Crippen LogP contribution in [-0.2, 0) is 19.1 Å². The largest absolute Gasteiger partial charge is 0.534 e. The van der Waals surface area contributed by atoms with E-state index >= 15 is 0 Å². The van der Waals surface area contributed by atoms with Crippen LogP contribution in [-0.4, -0.2) is 40.8 Å². The van der Waals surface area contributed by atoms with E-state index in [1.54, 1.807) is 41.5 Å². The summed E-state index contributed by atoms with van der Waals surface area (Å²) in [7, 11) is 0. The number of carbonyl (C=O) groups is 3. The Balaban J connectivity index is 2.48. The molecule has 0 N–H and O–H groups in total. The molecule has 0 spiro atoms. The fourth-order valence-corrected chi connectivity index (χ4v) is 3.03. The third-order valence-corrected chi connectivity index (χ3v) is 4.27. The molecule has 1 rings (SSSR count). The molecule has 1 aliphatic carbocycles. The van der Waals surface area contributed by atoms with Gasteiger partial charge in [0.25, 0.3) is 0 Å². The summed E-state index contributed by atoms with van der Waals surface area (Å²) in [5.74, 6) is 0.573. The lowest BCUT2D eigenvalue weighted by Gasteiger charge is -2.27. The predicted molar refractivity (Wildman–Crippen MR) is 106 cm³/mol. The predicted octanol–water partition coefficient (Wildman–Crippen LogP) is 5.41. The number of ketones is 1. The topological polar surface area (TPSA) is 82.1 Å². The third kappa shape index (κ3) is 10.5. The number of unbranched alkanes of at least 4 members (excludes halogenated alkanes) is 2. The Morgan fingerprint density at radius 2 is 1.61 bits per heavy atom. The second-order valence-electron chi connectivity index (χ2n) is 9.40. The van der Waals surface area contributed by atoms with Crippen molar-refractivity contribution in [3.05, 3.63) is 0 Å². The monoisotopic (exact) mass is 399 g/mol. The second-order valence-corrected chi connectivity index (χ2v) is 9.40. The number of nitrogens with zero attached hydrogens (tertiary/aromatic N) is 1. The van der Waals surface area contributed by atoms with Crippen molar-refractivity contribution in [3.8, 4) is 0 Å². The van der Waals surface area contributed by atoms with E-state index in [0.717, 1.165) is 43.6 Å². The minimum atomic E-state index is -0.939. The maximum Gasteiger partial charge on any atom is 0.534 e. The van der Waals surface area contributed by atoms with Crippen molar-refractivity contribution >= 4 is 18.0 Å². The number of hydrogen-bond acceptors (Lipinski definition) is 6. The van der Waals surface area contributed by atoms with Gasteiger partial charge in [0.1, 0.15) is 17.0 Å². The van der Waals surface area contributed by atoms with Gasteiger partial charge in [0, 0.05) is 12.3 Å². The van der Waals surface area contributed by atoms with Crippen molar-refractivity contribution in [2.45, 2.75) is 104 Å². The van der Waals surface area contributed by atoms with Crippen LogP contribution < -0.4 is 0 Å². The molecule has 28 heavy (non-hydrogen) atoms. The third-order valence-electron chi connectivity index (χ3n) is 4.27. The summed E-state index contributed by atoms with van der Waals surface area (Å²) >= 11 is 0. The zero-order valence-corrected chi connectivity index (χ0v) is 18.3. The fourth-order valence-electron chi connectivity index (χ4n) is 3.03. The van der Waals surface area contributed by atoms with E-state index in [-0.39, 0.29) is 12.5 Å². The van der Waals surface area contributed by atoms with Gasteiger partial charge in [0.15, 0.2) is 0 Å². The van der Waals surface area contributed by atoms with Gasteiger partial charge in [-0.2, -0.15) is 0 Å². The minimum absolute atomic E-state index is 0.189. The summed E-state index contributed by atoms with van der Waals surface area (Å²) in [4.78, 5) is 41.3. The van der Waals surface area contributed by atoms with E-state index in [1.807, 2.05) is 0 Å². The summed E-state index contributed by atoms with van der Waals surface area (Å²) in [5.41, 5.74) is -1.42. The molecule has 0 bridgehead atoms. The van der Waals surface area contributed by atoms with E-state index in [1.165, 1.54) is 0 Å². The first kappa shape index (κ1) is 24.2. The van der Waals surface area contributed by atoms with Crippen LogP contribution in [0.2, 0.25) is 0 Å². The SMILES string of the molecule is CC(C)(C)OC(=O)ON(CCCCCC1CCCCC1=O)C(=O)OC(C)(C)C. The van der Waals surface area contributed by atoms with Gasteiger partial charge in [-0.15, -0.1) is 5.06 Å². The van der Waals surface area contributed by atoms with Crippen LogP contribution in [0.15, 0.2) is 0 Å². The number of amides is 1. The van der Waals surface area contributed by atoms with Crippen molar-refractivity contribution in [2.75, 3.05) is 6.54 Å². The molecule has 1 amide bonds. The molecule has 0 aromatic carbocycles. The molecule has 1 atom stereocenters. The summed E-state index contributed by atoms with van der Waals surface area (Å²) < 4.78 is 10.4. The highest BCUT2D eigenvalue weighted by Crippen LogP contribution is 2.25. The van der Waals surface area contributed by atoms with E-state index in [0.29, 0.717) is 18.6 Å². The average molecular weight is 400 g/mol. The van der Waals surface area contributed by atoms with Crippen molar-refractivity contribution in [1.82, 2.24) is 5.06 Å². The van der Waals surface area contributed by atoms with Crippen LogP contribution in [0, 0.1) is 5.92 Å². The summed E-state index contributed by atoms with van der Waals surface area (Å²) in [5, 5.41) is 0.922. The molecule has 7 heteroatoms. The summed E-state index contributed by atoms with van der Waals surface area (Å²) in [6.07, 6.45) is 5.46. The highest BCUT2D eigenvalue weighted by molar-refractivity contribution is 5.81. The molecular weight excluding hydrogens is 362 g/mol. The molecule has 0 radical (unpaired) electrons. The number of hydrogen-bond donors (Lipinski definition) is 0. The highest BCUT2D eigenvalue weighted by atomic mass is 16.8. The molecule has 162 valence electrons. The van der Waals surface area contributed by atoms with Gasteiger partial charge in [-0.05, 0) is 67.2 Å². The minimum Gasteiger partial charge on any atom is -0.442 e.